The van der Waals surface area contributed by atoms with Crippen LogP contribution in [0.25, 0.3) is 10.2 Å². The van der Waals surface area contributed by atoms with Gasteiger partial charge < -0.3 is 9.64 Å². The van der Waals surface area contributed by atoms with Crippen LogP contribution < -0.4 is 9.64 Å². The summed E-state index contributed by atoms with van der Waals surface area (Å²) in [7, 11) is 5.68. The maximum atomic E-state index is 13.3. The number of ether oxygens (including phenoxy) is 1. The van der Waals surface area contributed by atoms with Gasteiger partial charge in [0.05, 0.1) is 11.8 Å². The Morgan fingerprint density at radius 2 is 1.97 bits per heavy atom. The van der Waals surface area contributed by atoms with E-state index in [1.54, 1.807) is 36.3 Å². The maximum absolute atomic E-state index is 13.3. The Hall–Kier alpha value is -1.86. The minimum Gasteiger partial charge on any atom is -0.494 e. The zero-order valence-electron chi connectivity index (χ0n) is 16.9. The number of fused-ring (bicyclic) bond motifs is 1. The number of carbonyl (C=O) groups is 1. The molecule has 0 aliphatic carbocycles. The van der Waals surface area contributed by atoms with Crippen LogP contribution in [0.2, 0.25) is 5.02 Å². The Morgan fingerprint density at radius 1 is 1.21 bits per heavy atom. The van der Waals surface area contributed by atoms with Gasteiger partial charge in [0.15, 0.2) is 5.13 Å². The van der Waals surface area contributed by atoms with E-state index in [0.717, 1.165) is 28.7 Å². The predicted octanol–water partition coefficient (Wildman–Crippen LogP) is 5.29. The molecule has 8 heteroatoms. The molecule has 0 aliphatic rings. The largest absolute Gasteiger partial charge is 0.494 e. The third kappa shape index (κ3) is 5.39. The number of aromatic nitrogens is 1. The van der Waals surface area contributed by atoms with Crippen LogP contribution in [0.5, 0.6) is 5.75 Å². The molecule has 0 radical (unpaired) electrons. The molecule has 0 fully saturated rings. The van der Waals surface area contributed by atoms with Crippen LogP contribution >= 0.6 is 35.3 Å². The summed E-state index contributed by atoms with van der Waals surface area (Å²) < 4.78 is 6.50. The van der Waals surface area contributed by atoms with Crippen molar-refractivity contribution in [2.24, 2.45) is 0 Å². The van der Waals surface area contributed by atoms with Gasteiger partial charge in [0.25, 0.3) is 5.91 Å². The van der Waals surface area contributed by atoms with Crippen molar-refractivity contribution in [2.45, 2.75) is 13.3 Å². The second-order valence-corrected chi connectivity index (χ2v) is 8.30. The zero-order chi connectivity index (χ0) is 20.3. The lowest BCUT2D eigenvalue weighted by atomic mass is 10.2. The molecular weight excluding hydrogens is 429 g/mol. The number of aryl methyl sites for hydroxylation is 1. The van der Waals surface area contributed by atoms with E-state index >= 15 is 0 Å². The first-order chi connectivity index (χ1) is 13.4. The number of amides is 1. The molecule has 0 N–H and O–H groups in total. The highest BCUT2D eigenvalue weighted by atomic mass is 35.5. The molecular formula is C21H25Cl2N3O2S. The molecule has 0 unspecified atom stereocenters. The smallest absolute Gasteiger partial charge is 0.260 e. The second-order valence-electron chi connectivity index (χ2n) is 6.88. The standard InChI is InChI=1S/C21H24ClN3O2S.ClH/c1-14-9-10-17(27-4)18-19(14)28-21(23-18)25(12-6-11-24(2)3)20(26)15-7-5-8-16(22)13-15;/h5,7-10,13H,6,11-12H2,1-4H3;1H. The number of nitrogens with zero attached hydrogens (tertiary/aromatic N) is 3. The van der Waals surface area contributed by atoms with Crippen molar-refractivity contribution in [1.29, 1.82) is 0 Å². The Labute approximate surface area is 186 Å². The first-order valence-corrected chi connectivity index (χ1v) is 10.3. The number of benzene rings is 2. The monoisotopic (exact) mass is 453 g/mol. The van der Waals surface area contributed by atoms with Crippen LogP contribution in [-0.2, 0) is 0 Å². The van der Waals surface area contributed by atoms with E-state index in [1.165, 1.54) is 11.3 Å². The van der Waals surface area contributed by atoms with Crippen molar-refractivity contribution in [3.63, 3.8) is 0 Å². The molecule has 5 nitrogen and oxygen atoms in total. The fourth-order valence-electron chi connectivity index (χ4n) is 2.99. The molecule has 0 saturated carbocycles. The van der Waals surface area contributed by atoms with Gasteiger partial charge in [0, 0.05) is 17.1 Å². The fourth-order valence-corrected chi connectivity index (χ4v) is 4.25. The van der Waals surface area contributed by atoms with Crippen LogP contribution in [0.3, 0.4) is 0 Å². The molecule has 1 heterocycles. The normalized spacial score (nSPS) is 10.8. The Bertz CT molecular complexity index is 991. The Kier molecular flexibility index (Phi) is 8.28. The fraction of sp³-hybridized carbons (Fsp3) is 0.333. The van der Waals surface area contributed by atoms with E-state index in [2.05, 4.69) is 4.90 Å². The highest BCUT2D eigenvalue weighted by Gasteiger charge is 2.23. The molecule has 3 rings (SSSR count). The van der Waals surface area contributed by atoms with E-state index in [1.807, 2.05) is 33.2 Å². The molecule has 1 aromatic heterocycles. The van der Waals surface area contributed by atoms with Gasteiger partial charge in [0.1, 0.15) is 11.3 Å². The second kappa shape index (κ2) is 10.3. The summed E-state index contributed by atoms with van der Waals surface area (Å²) in [5, 5.41) is 1.22. The average Bonchev–Trinajstić information content (AvgIpc) is 3.11. The van der Waals surface area contributed by atoms with Crippen molar-refractivity contribution in [3.8, 4) is 5.75 Å². The number of hydrogen-bond acceptors (Lipinski definition) is 5. The quantitative estimate of drug-likeness (QED) is 0.487. The first kappa shape index (κ1) is 23.4. The summed E-state index contributed by atoms with van der Waals surface area (Å²) in [5.74, 6) is 0.614. The van der Waals surface area contributed by atoms with Crippen LogP contribution in [0.4, 0.5) is 5.13 Å². The number of halogens is 2. The van der Waals surface area contributed by atoms with Gasteiger partial charge in [-0.2, -0.15) is 0 Å². The molecule has 1 amide bonds. The molecule has 0 atom stereocenters. The molecule has 156 valence electrons. The minimum atomic E-state index is -0.100. The van der Waals surface area contributed by atoms with Crippen molar-refractivity contribution < 1.29 is 9.53 Å². The zero-order valence-corrected chi connectivity index (χ0v) is 19.3. The van der Waals surface area contributed by atoms with Crippen molar-refractivity contribution >= 4 is 56.6 Å². The van der Waals surface area contributed by atoms with E-state index in [0.29, 0.717) is 28.0 Å². The first-order valence-electron chi connectivity index (χ1n) is 9.07. The predicted molar refractivity (Wildman–Crippen MR) is 124 cm³/mol. The van der Waals surface area contributed by atoms with E-state index in [9.17, 15) is 4.79 Å². The SMILES string of the molecule is COc1ccc(C)c2sc(N(CCCN(C)C)C(=O)c3cccc(Cl)c3)nc12.Cl. The highest BCUT2D eigenvalue weighted by molar-refractivity contribution is 7.22. The summed E-state index contributed by atoms with van der Waals surface area (Å²) in [6, 6.07) is 11.0. The molecule has 0 bridgehead atoms. The molecule has 3 aromatic rings. The summed E-state index contributed by atoms with van der Waals surface area (Å²) in [6.45, 7) is 3.50. The highest BCUT2D eigenvalue weighted by Crippen LogP contribution is 2.37. The topological polar surface area (TPSA) is 45.7 Å². The van der Waals surface area contributed by atoms with Crippen LogP contribution in [0, 0.1) is 6.92 Å². The summed E-state index contributed by atoms with van der Waals surface area (Å²) in [6.07, 6.45) is 0.839. The number of rotatable bonds is 7. The number of methoxy groups -OCH3 is 1. The van der Waals surface area contributed by atoms with Gasteiger partial charge in [-0.15, -0.1) is 12.4 Å². The van der Waals surface area contributed by atoms with E-state index in [4.69, 9.17) is 21.3 Å². The lowest BCUT2D eigenvalue weighted by Crippen LogP contribution is -2.33. The lowest BCUT2D eigenvalue weighted by Gasteiger charge is -2.21. The van der Waals surface area contributed by atoms with Gasteiger partial charge in [-0.3, -0.25) is 9.69 Å². The van der Waals surface area contributed by atoms with E-state index < -0.39 is 0 Å². The summed E-state index contributed by atoms with van der Waals surface area (Å²) in [4.78, 5) is 21.9. The van der Waals surface area contributed by atoms with Gasteiger partial charge >= 0.3 is 0 Å². The molecule has 0 saturated heterocycles. The van der Waals surface area contributed by atoms with Gasteiger partial charge in [0.2, 0.25) is 0 Å². The minimum absolute atomic E-state index is 0. The van der Waals surface area contributed by atoms with E-state index in [-0.39, 0.29) is 18.3 Å². The molecule has 0 aliphatic heterocycles. The van der Waals surface area contributed by atoms with Gasteiger partial charge in [-0.1, -0.05) is 35.1 Å². The van der Waals surface area contributed by atoms with Crippen LogP contribution in [0.1, 0.15) is 22.3 Å². The maximum Gasteiger partial charge on any atom is 0.260 e. The Balaban J connectivity index is 0.00000300. The number of anilines is 1. The number of hydrogen-bond donors (Lipinski definition) is 0. The average molecular weight is 454 g/mol. The van der Waals surface area contributed by atoms with Crippen molar-refractivity contribution in [1.82, 2.24) is 9.88 Å². The van der Waals surface area contributed by atoms with Crippen LogP contribution in [0.15, 0.2) is 36.4 Å². The third-order valence-corrected chi connectivity index (χ3v) is 5.90. The van der Waals surface area contributed by atoms with Crippen molar-refractivity contribution in [3.05, 3.63) is 52.5 Å². The van der Waals surface area contributed by atoms with Crippen LogP contribution in [-0.4, -0.2) is 50.1 Å². The molecule has 2 aromatic carbocycles. The van der Waals surface area contributed by atoms with Gasteiger partial charge in [-0.05, 0) is 63.8 Å². The lowest BCUT2D eigenvalue weighted by molar-refractivity contribution is 0.0986. The van der Waals surface area contributed by atoms with Gasteiger partial charge in [-0.25, -0.2) is 4.98 Å². The summed E-state index contributed by atoms with van der Waals surface area (Å²) >= 11 is 7.62. The number of carbonyl (C=O) groups excluding carboxylic acids is 1. The molecule has 0 spiro atoms. The van der Waals surface area contributed by atoms with Crippen molar-refractivity contribution in [2.75, 3.05) is 39.2 Å². The summed E-state index contributed by atoms with van der Waals surface area (Å²) in [5.41, 5.74) is 2.46. The number of thiazole rings is 1. The third-order valence-electron chi connectivity index (χ3n) is 4.45. The molecule has 29 heavy (non-hydrogen) atoms. The Morgan fingerprint density at radius 3 is 2.62 bits per heavy atom.